The van der Waals surface area contributed by atoms with Crippen LogP contribution in [0.3, 0.4) is 0 Å². The second kappa shape index (κ2) is 8.40. The maximum Gasteiger partial charge on any atom is 0.319 e. The van der Waals surface area contributed by atoms with Crippen LogP contribution < -0.4 is 9.47 Å². The van der Waals surface area contributed by atoms with Gasteiger partial charge >= 0.3 is 6.01 Å². The van der Waals surface area contributed by atoms with Crippen LogP contribution in [0.25, 0.3) is 16.9 Å². The van der Waals surface area contributed by atoms with Crippen LogP contribution in [0.1, 0.15) is 24.3 Å². The average molecular weight is 411 g/mol. The third-order valence-corrected chi connectivity index (χ3v) is 4.59. The lowest BCUT2D eigenvalue weighted by molar-refractivity contribution is 0.353. The Morgan fingerprint density at radius 1 is 1.00 bits per heavy atom. The highest BCUT2D eigenvalue weighted by atomic mass is 19.1. The molecule has 0 bridgehead atoms. The molecule has 154 valence electrons. The van der Waals surface area contributed by atoms with Crippen molar-refractivity contribution in [1.29, 1.82) is 0 Å². The monoisotopic (exact) mass is 411 g/mol. The standard InChI is InChI=1S/C15H15N5O2.C6H4F2/c1-21-14-11(8-17-15(18-14)22-2)12-7-10(9-3-4-9)13-16-5-6-20(13)19-12;7-5-1-2-6(8)4-3-5/h5-9H,3-4H2,1-2H3;1-4H. The Balaban J connectivity index is 0.000000230. The first kappa shape index (κ1) is 19.7. The lowest BCUT2D eigenvalue weighted by Crippen LogP contribution is -2.02. The lowest BCUT2D eigenvalue weighted by Gasteiger charge is -2.10. The van der Waals surface area contributed by atoms with Gasteiger partial charge in [-0.05, 0) is 49.1 Å². The summed E-state index contributed by atoms with van der Waals surface area (Å²) in [6.07, 6.45) is 7.68. The van der Waals surface area contributed by atoms with Gasteiger partial charge < -0.3 is 9.47 Å². The minimum absolute atomic E-state index is 0.270. The summed E-state index contributed by atoms with van der Waals surface area (Å²) in [5.41, 5.74) is 3.64. The van der Waals surface area contributed by atoms with Crippen LogP contribution in [0.4, 0.5) is 8.78 Å². The van der Waals surface area contributed by atoms with Gasteiger partial charge in [0.05, 0.1) is 25.5 Å². The zero-order valence-electron chi connectivity index (χ0n) is 16.4. The summed E-state index contributed by atoms with van der Waals surface area (Å²) in [5.74, 6) is 0.190. The Hall–Kier alpha value is -3.62. The number of fused-ring (bicyclic) bond motifs is 1. The van der Waals surface area contributed by atoms with Crippen molar-refractivity contribution in [3.05, 3.63) is 66.1 Å². The van der Waals surface area contributed by atoms with Crippen molar-refractivity contribution >= 4 is 5.65 Å². The van der Waals surface area contributed by atoms with E-state index in [9.17, 15) is 8.78 Å². The van der Waals surface area contributed by atoms with Gasteiger partial charge in [-0.2, -0.15) is 10.1 Å². The molecule has 30 heavy (non-hydrogen) atoms. The topological polar surface area (TPSA) is 74.4 Å². The fourth-order valence-electron chi connectivity index (χ4n) is 2.98. The summed E-state index contributed by atoms with van der Waals surface area (Å²) in [4.78, 5) is 12.8. The lowest BCUT2D eigenvalue weighted by atomic mass is 10.1. The Labute approximate surface area is 171 Å². The van der Waals surface area contributed by atoms with E-state index in [1.165, 1.54) is 25.5 Å². The molecule has 9 heteroatoms. The first-order valence-corrected chi connectivity index (χ1v) is 9.29. The van der Waals surface area contributed by atoms with E-state index in [4.69, 9.17) is 9.47 Å². The molecule has 1 aliphatic rings. The van der Waals surface area contributed by atoms with E-state index in [0.29, 0.717) is 11.8 Å². The molecule has 5 rings (SSSR count). The molecule has 0 radical (unpaired) electrons. The maximum atomic E-state index is 11.9. The quantitative estimate of drug-likeness (QED) is 0.505. The predicted molar refractivity (Wildman–Crippen MR) is 105 cm³/mol. The number of hydrogen-bond acceptors (Lipinski definition) is 6. The molecule has 1 aromatic carbocycles. The van der Waals surface area contributed by atoms with Crippen molar-refractivity contribution in [1.82, 2.24) is 24.6 Å². The predicted octanol–water partition coefficient (Wildman–Crippen LogP) is 4.05. The molecule has 0 saturated heterocycles. The average Bonchev–Trinajstić information content (AvgIpc) is 3.51. The molecule has 3 aromatic heterocycles. The number of nitrogens with zero attached hydrogens (tertiary/aromatic N) is 5. The normalized spacial score (nSPS) is 12.9. The minimum Gasteiger partial charge on any atom is -0.480 e. The van der Waals surface area contributed by atoms with Crippen LogP contribution in [0.5, 0.6) is 11.9 Å². The highest BCUT2D eigenvalue weighted by molar-refractivity contribution is 5.67. The molecule has 1 aliphatic carbocycles. The van der Waals surface area contributed by atoms with Crippen LogP contribution in [-0.2, 0) is 0 Å². The van der Waals surface area contributed by atoms with Crippen LogP contribution in [0, 0.1) is 11.6 Å². The van der Waals surface area contributed by atoms with E-state index in [0.717, 1.165) is 41.2 Å². The summed E-state index contributed by atoms with van der Waals surface area (Å²) in [7, 11) is 3.10. The number of rotatable bonds is 4. The number of ether oxygens (including phenoxy) is 2. The van der Waals surface area contributed by atoms with Crippen LogP contribution in [0.2, 0.25) is 0 Å². The summed E-state index contributed by atoms with van der Waals surface area (Å²) in [6.45, 7) is 0. The molecule has 0 N–H and O–H groups in total. The van der Waals surface area contributed by atoms with Crippen LogP contribution >= 0.6 is 0 Å². The van der Waals surface area contributed by atoms with Gasteiger partial charge in [-0.3, -0.25) is 0 Å². The summed E-state index contributed by atoms with van der Waals surface area (Å²) in [5, 5.41) is 4.59. The fraction of sp³-hybridized carbons (Fsp3) is 0.238. The molecule has 1 saturated carbocycles. The Bertz CT molecular complexity index is 1140. The van der Waals surface area contributed by atoms with Crippen molar-refractivity contribution in [2.75, 3.05) is 14.2 Å². The Kier molecular flexibility index (Phi) is 5.51. The number of imidazole rings is 1. The molecular weight excluding hydrogens is 392 g/mol. The zero-order valence-corrected chi connectivity index (χ0v) is 16.4. The van der Waals surface area contributed by atoms with Crippen LogP contribution in [0.15, 0.2) is 48.9 Å². The molecule has 0 atom stereocenters. The number of hydrogen-bond donors (Lipinski definition) is 0. The van der Waals surface area contributed by atoms with Crippen molar-refractivity contribution < 1.29 is 18.3 Å². The summed E-state index contributed by atoms with van der Waals surface area (Å²) >= 11 is 0. The van der Waals surface area contributed by atoms with Gasteiger partial charge in [-0.1, -0.05) is 0 Å². The number of methoxy groups -OCH3 is 2. The van der Waals surface area contributed by atoms with E-state index in [1.54, 1.807) is 24.0 Å². The fourth-order valence-corrected chi connectivity index (χ4v) is 2.98. The highest BCUT2D eigenvalue weighted by Crippen LogP contribution is 2.43. The highest BCUT2D eigenvalue weighted by Gasteiger charge is 2.28. The molecule has 0 aliphatic heterocycles. The van der Waals surface area contributed by atoms with E-state index in [2.05, 4.69) is 26.1 Å². The maximum absolute atomic E-state index is 11.9. The third kappa shape index (κ3) is 4.19. The second-order valence-electron chi connectivity index (χ2n) is 6.67. The number of aromatic nitrogens is 5. The van der Waals surface area contributed by atoms with E-state index in [1.807, 2.05) is 6.20 Å². The molecule has 0 amide bonds. The van der Waals surface area contributed by atoms with Crippen molar-refractivity contribution in [2.24, 2.45) is 0 Å². The first-order chi connectivity index (χ1) is 14.6. The summed E-state index contributed by atoms with van der Waals surface area (Å²) in [6, 6.07) is 6.65. The molecule has 0 spiro atoms. The van der Waals surface area contributed by atoms with E-state index >= 15 is 0 Å². The number of benzene rings is 1. The van der Waals surface area contributed by atoms with Gasteiger partial charge in [0, 0.05) is 24.2 Å². The van der Waals surface area contributed by atoms with E-state index < -0.39 is 11.6 Å². The van der Waals surface area contributed by atoms with Crippen molar-refractivity contribution in [2.45, 2.75) is 18.8 Å². The minimum atomic E-state index is -0.411. The van der Waals surface area contributed by atoms with Crippen LogP contribution in [-0.4, -0.2) is 38.8 Å². The van der Waals surface area contributed by atoms with E-state index in [-0.39, 0.29) is 6.01 Å². The first-order valence-electron chi connectivity index (χ1n) is 9.29. The van der Waals surface area contributed by atoms with Crippen molar-refractivity contribution in [3.8, 4) is 23.1 Å². The van der Waals surface area contributed by atoms with Gasteiger partial charge in [0.25, 0.3) is 0 Å². The molecule has 7 nitrogen and oxygen atoms in total. The van der Waals surface area contributed by atoms with Gasteiger partial charge in [0.2, 0.25) is 5.88 Å². The zero-order chi connectivity index (χ0) is 21.1. The number of halogens is 2. The largest absolute Gasteiger partial charge is 0.480 e. The smallest absolute Gasteiger partial charge is 0.319 e. The Morgan fingerprint density at radius 3 is 2.30 bits per heavy atom. The molecule has 0 unspecified atom stereocenters. The SMILES string of the molecule is COc1ncc(-c2cc(C3CC3)c3nccn3n2)c(OC)n1.Fc1ccc(F)cc1. The summed E-state index contributed by atoms with van der Waals surface area (Å²) < 4.78 is 36.0. The van der Waals surface area contributed by atoms with Crippen molar-refractivity contribution in [3.63, 3.8) is 0 Å². The molecule has 3 heterocycles. The van der Waals surface area contributed by atoms with Gasteiger partial charge in [0.15, 0.2) is 5.65 Å². The molecule has 1 fully saturated rings. The van der Waals surface area contributed by atoms with Gasteiger partial charge in [0.1, 0.15) is 11.6 Å². The van der Waals surface area contributed by atoms with Gasteiger partial charge in [-0.15, -0.1) is 0 Å². The van der Waals surface area contributed by atoms with Gasteiger partial charge in [-0.25, -0.2) is 23.3 Å². The Morgan fingerprint density at radius 2 is 1.70 bits per heavy atom. The second-order valence-corrected chi connectivity index (χ2v) is 6.67. The third-order valence-electron chi connectivity index (χ3n) is 4.59. The molecule has 4 aromatic rings. The molecular formula is C21H19F2N5O2.